The van der Waals surface area contributed by atoms with Crippen molar-refractivity contribution in [3.05, 3.63) is 59.2 Å². The summed E-state index contributed by atoms with van der Waals surface area (Å²) in [6, 6.07) is 12.5. The van der Waals surface area contributed by atoms with E-state index in [0.29, 0.717) is 10.6 Å². The van der Waals surface area contributed by atoms with E-state index in [1.807, 2.05) is 0 Å². The summed E-state index contributed by atoms with van der Waals surface area (Å²) in [4.78, 5) is 15.5. The van der Waals surface area contributed by atoms with Gasteiger partial charge in [-0.15, -0.1) is 0 Å². The molecule has 2 aromatic rings. The van der Waals surface area contributed by atoms with Crippen LogP contribution in [0.4, 0.5) is 0 Å². The van der Waals surface area contributed by atoms with E-state index in [1.54, 1.807) is 30.3 Å². The highest BCUT2D eigenvalue weighted by Crippen LogP contribution is 2.16. The minimum Gasteiger partial charge on any atom is -0.404 e. The lowest BCUT2D eigenvalue weighted by molar-refractivity contribution is 0.0727. The van der Waals surface area contributed by atoms with Crippen molar-refractivity contribution in [2.45, 2.75) is 0 Å². The number of carbonyl (C=O) groups excluding carboxylic acids is 1. The van der Waals surface area contributed by atoms with Crippen LogP contribution in [-0.4, -0.2) is 11.0 Å². The fraction of sp³-hybridized carbons (Fsp3) is 0. The summed E-state index contributed by atoms with van der Waals surface area (Å²) in [5.74, 6) is -0.329. The zero-order valence-corrected chi connectivity index (χ0v) is 8.94. The van der Waals surface area contributed by atoms with Crippen LogP contribution >= 0.6 is 11.6 Å². The van der Waals surface area contributed by atoms with E-state index in [9.17, 15) is 4.79 Å². The predicted octanol–water partition coefficient (Wildman–Crippen LogP) is 2.75. The van der Waals surface area contributed by atoms with E-state index in [0.717, 1.165) is 0 Å². The van der Waals surface area contributed by atoms with Crippen LogP contribution in [0.1, 0.15) is 10.4 Å². The molecule has 0 fully saturated rings. The number of halogens is 1. The lowest BCUT2D eigenvalue weighted by Crippen LogP contribution is -2.09. The standard InChI is InChI=1S/C12H7ClNO2/c13-10-6-2-1-5-9(10)12(15)16-11-7-3-4-8-14-11/h1-2,4-8H. The number of rotatable bonds is 2. The fourth-order valence-corrected chi connectivity index (χ4v) is 1.36. The molecule has 0 unspecified atom stereocenters. The van der Waals surface area contributed by atoms with Crippen LogP contribution in [0.25, 0.3) is 0 Å². The van der Waals surface area contributed by atoms with Gasteiger partial charge < -0.3 is 4.74 Å². The van der Waals surface area contributed by atoms with Gasteiger partial charge >= 0.3 is 5.97 Å². The Morgan fingerprint density at radius 1 is 1.38 bits per heavy atom. The minimum absolute atomic E-state index is 0.201. The third-order valence-corrected chi connectivity index (χ3v) is 2.20. The highest BCUT2D eigenvalue weighted by molar-refractivity contribution is 6.33. The quantitative estimate of drug-likeness (QED) is 0.748. The molecule has 1 heterocycles. The van der Waals surface area contributed by atoms with E-state index >= 15 is 0 Å². The molecule has 0 aliphatic carbocycles. The van der Waals surface area contributed by atoms with Gasteiger partial charge in [0.2, 0.25) is 5.88 Å². The largest absolute Gasteiger partial charge is 0.404 e. The van der Waals surface area contributed by atoms with Gasteiger partial charge in [-0.05, 0) is 24.3 Å². The summed E-state index contributed by atoms with van der Waals surface area (Å²) in [6.07, 6.45) is 1.50. The molecular weight excluding hydrogens is 226 g/mol. The molecule has 2 rings (SSSR count). The summed E-state index contributed by atoms with van der Waals surface area (Å²) in [7, 11) is 0. The first-order valence-corrected chi connectivity index (χ1v) is 4.94. The molecule has 0 N–H and O–H groups in total. The molecular formula is C12H7ClNO2. The van der Waals surface area contributed by atoms with Crippen molar-refractivity contribution < 1.29 is 9.53 Å². The molecule has 4 heteroatoms. The first kappa shape index (κ1) is 10.6. The first-order chi connectivity index (χ1) is 7.77. The Hall–Kier alpha value is -1.87. The van der Waals surface area contributed by atoms with E-state index in [1.165, 1.54) is 12.3 Å². The van der Waals surface area contributed by atoms with Crippen molar-refractivity contribution in [2.24, 2.45) is 0 Å². The van der Waals surface area contributed by atoms with Gasteiger partial charge in [0.25, 0.3) is 0 Å². The SMILES string of the molecule is O=C(Oc1c[c]ccn1)c1ccccc1Cl. The number of ether oxygens (including phenoxy) is 1. The van der Waals surface area contributed by atoms with E-state index in [-0.39, 0.29) is 5.88 Å². The summed E-state index contributed by atoms with van der Waals surface area (Å²) in [5, 5.41) is 0.354. The average Bonchev–Trinajstić information content (AvgIpc) is 2.31. The van der Waals surface area contributed by atoms with Crippen LogP contribution in [0, 0.1) is 6.07 Å². The van der Waals surface area contributed by atoms with Crippen LogP contribution in [0.15, 0.2) is 42.6 Å². The Labute approximate surface area is 97.7 Å². The predicted molar refractivity (Wildman–Crippen MR) is 59.5 cm³/mol. The van der Waals surface area contributed by atoms with E-state index < -0.39 is 5.97 Å². The molecule has 1 aromatic carbocycles. The molecule has 0 amide bonds. The van der Waals surface area contributed by atoms with Crippen molar-refractivity contribution in [2.75, 3.05) is 0 Å². The highest BCUT2D eigenvalue weighted by Gasteiger charge is 2.12. The summed E-state index contributed by atoms with van der Waals surface area (Å²) in [6.45, 7) is 0. The monoisotopic (exact) mass is 232 g/mol. The maximum atomic E-state index is 11.7. The maximum absolute atomic E-state index is 11.7. The Balaban J connectivity index is 2.19. The second-order valence-corrected chi connectivity index (χ2v) is 3.37. The zero-order chi connectivity index (χ0) is 11.4. The van der Waals surface area contributed by atoms with Gasteiger partial charge in [-0.25, -0.2) is 9.78 Å². The third kappa shape index (κ3) is 2.38. The zero-order valence-electron chi connectivity index (χ0n) is 8.18. The number of pyridine rings is 1. The molecule has 16 heavy (non-hydrogen) atoms. The Bertz CT molecular complexity index is 499. The van der Waals surface area contributed by atoms with Gasteiger partial charge in [0.05, 0.1) is 10.6 Å². The summed E-state index contributed by atoms with van der Waals surface area (Å²) in [5.41, 5.74) is 0.315. The molecule has 1 aromatic heterocycles. The minimum atomic E-state index is -0.530. The Morgan fingerprint density at radius 2 is 2.19 bits per heavy atom. The van der Waals surface area contributed by atoms with E-state index in [4.69, 9.17) is 16.3 Å². The molecule has 0 spiro atoms. The second kappa shape index (κ2) is 4.77. The Kier molecular flexibility index (Phi) is 3.17. The molecule has 0 bridgehead atoms. The van der Waals surface area contributed by atoms with Crippen molar-refractivity contribution in [3.8, 4) is 5.88 Å². The molecule has 0 aliphatic rings. The number of hydrogen-bond donors (Lipinski definition) is 0. The van der Waals surface area contributed by atoms with Crippen molar-refractivity contribution in [3.63, 3.8) is 0 Å². The number of nitrogens with zero attached hydrogens (tertiary/aromatic N) is 1. The normalized spacial score (nSPS) is 9.81. The van der Waals surface area contributed by atoms with Gasteiger partial charge in [-0.2, -0.15) is 0 Å². The van der Waals surface area contributed by atoms with Gasteiger partial charge in [0.1, 0.15) is 0 Å². The highest BCUT2D eigenvalue weighted by atomic mass is 35.5. The molecule has 0 aliphatic heterocycles. The van der Waals surface area contributed by atoms with Crippen LogP contribution in [0.3, 0.4) is 0 Å². The lowest BCUT2D eigenvalue weighted by Gasteiger charge is -2.03. The Morgan fingerprint density at radius 3 is 2.88 bits per heavy atom. The number of esters is 1. The first-order valence-electron chi connectivity index (χ1n) is 4.56. The van der Waals surface area contributed by atoms with Gasteiger partial charge in [-0.1, -0.05) is 23.7 Å². The summed E-state index contributed by atoms with van der Waals surface area (Å²) >= 11 is 5.86. The fourth-order valence-electron chi connectivity index (χ4n) is 1.14. The lowest BCUT2D eigenvalue weighted by atomic mass is 10.2. The number of carbonyl (C=O) groups is 1. The third-order valence-electron chi connectivity index (χ3n) is 1.87. The van der Waals surface area contributed by atoms with Crippen LogP contribution in [0.5, 0.6) is 5.88 Å². The molecule has 79 valence electrons. The number of benzene rings is 1. The molecule has 1 radical (unpaired) electrons. The van der Waals surface area contributed by atoms with Crippen LogP contribution < -0.4 is 4.74 Å². The smallest absolute Gasteiger partial charge is 0.346 e. The number of hydrogen-bond acceptors (Lipinski definition) is 3. The van der Waals surface area contributed by atoms with Crippen molar-refractivity contribution >= 4 is 17.6 Å². The van der Waals surface area contributed by atoms with Crippen molar-refractivity contribution in [1.29, 1.82) is 0 Å². The van der Waals surface area contributed by atoms with Crippen LogP contribution in [0.2, 0.25) is 5.02 Å². The summed E-state index contributed by atoms with van der Waals surface area (Å²) < 4.78 is 5.02. The van der Waals surface area contributed by atoms with E-state index in [2.05, 4.69) is 11.1 Å². The molecule has 0 atom stereocenters. The topological polar surface area (TPSA) is 39.2 Å². The molecule has 3 nitrogen and oxygen atoms in total. The molecule has 0 saturated carbocycles. The average molecular weight is 233 g/mol. The molecule has 0 saturated heterocycles. The van der Waals surface area contributed by atoms with Crippen LogP contribution in [-0.2, 0) is 0 Å². The van der Waals surface area contributed by atoms with Crippen molar-refractivity contribution in [1.82, 2.24) is 4.98 Å². The maximum Gasteiger partial charge on any atom is 0.346 e. The van der Waals surface area contributed by atoms with Gasteiger partial charge in [-0.3, -0.25) is 0 Å². The second-order valence-electron chi connectivity index (χ2n) is 2.96. The van der Waals surface area contributed by atoms with Gasteiger partial charge in [0, 0.05) is 12.3 Å². The van der Waals surface area contributed by atoms with Gasteiger partial charge in [0.15, 0.2) is 0 Å². The number of aromatic nitrogens is 1.